The Morgan fingerprint density at radius 2 is 2.28 bits per heavy atom. The number of rotatable bonds is 3. The number of halogens is 1. The van der Waals surface area contributed by atoms with Crippen molar-refractivity contribution in [2.75, 3.05) is 0 Å². The minimum absolute atomic E-state index is 0.176. The number of fused-ring (bicyclic) bond motifs is 1. The molecule has 1 heterocycles. The van der Waals surface area contributed by atoms with E-state index in [2.05, 4.69) is 5.10 Å². The van der Waals surface area contributed by atoms with Gasteiger partial charge in [0.2, 0.25) is 0 Å². The molecular formula is C13H13ClN2O2. The zero-order valence-corrected chi connectivity index (χ0v) is 10.7. The van der Waals surface area contributed by atoms with Crippen LogP contribution in [0.15, 0.2) is 18.2 Å². The average molecular weight is 265 g/mol. The summed E-state index contributed by atoms with van der Waals surface area (Å²) in [4.78, 5) is 11.0. The summed E-state index contributed by atoms with van der Waals surface area (Å²) in [6, 6.07) is 5.84. The Hall–Kier alpha value is -1.55. The maximum Gasteiger partial charge on any atom is 0.304 e. The standard InChI is InChI=1S/C13H13ClN2O2/c1-16-11-8(12(14)15-16)3-2-4-9(11)13(5-6-13)7-10(17)18/h2-4H,5-7H2,1H3,(H,17,18). The Kier molecular flexibility index (Phi) is 2.38. The molecule has 0 aliphatic heterocycles. The van der Waals surface area contributed by atoms with Crippen molar-refractivity contribution >= 4 is 28.5 Å². The summed E-state index contributed by atoms with van der Waals surface area (Å²) in [5.41, 5.74) is 1.80. The van der Waals surface area contributed by atoms with Crippen molar-refractivity contribution in [1.82, 2.24) is 9.78 Å². The van der Waals surface area contributed by atoms with Gasteiger partial charge in [-0.2, -0.15) is 5.10 Å². The van der Waals surface area contributed by atoms with Crippen LogP contribution in [0.25, 0.3) is 10.9 Å². The largest absolute Gasteiger partial charge is 0.481 e. The van der Waals surface area contributed by atoms with Gasteiger partial charge in [0, 0.05) is 17.8 Å². The number of hydrogen-bond acceptors (Lipinski definition) is 2. The van der Waals surface area contributed by atoms with E-state index < -0.39 is 5.97 Å². The van der Waals surface area contributed by atoms with Crippen LogP contribution in [0.2, 0.25) is 5.15 Å². The van der Waals surface area contributed by atoms with E-state index in [1.165, 1.54) is 0 Å². The lowest BCUT2D eigenvalue weighted by Gasteiger charge is -2.15. The second-order valence-electron chi connectivity index (χ2n) is 4.97. The Bertz CT molecular complexity index is 644. The summed E-state index contributed by atoms with van der Waals surface area (Å²) in [6.07, 6.45) is 2.01. The fraction of sp³-hybridized carbons (Fsp3) is 0.385. The van der Waals surface area contributed by atoms with Crippen molar-refractivity contribution in [3.8, 4) is 0 Å². The van der Waals surface area contributed by atoms with Crippen molar-refractivity contribution in [2.45, 2.75) is 24.7 Å². The normalized spacial score (nSPS) is 17.0. The van der Waals surface area contributed by atoms with E-state index in [1.807, 2.05) is 25.2 Å². The van der Waals surface area contributed by atoms with E-state index in [0.717, 1.165) is 29.3 Å². The maximum atomic E-state index is 11.0. The van der Waals surface area contributed by atoms with Gasteiger partial charge in [0.1, 0.15) is 0 Å². The summed E-state index contributed by atoms with van der Waals surface area (Å²) in [7, 11) is 1.84. The van der Waals surface area contributed by atoms with Gasteiger partial charge in [-0.3, -0.25) is 9.48 Å². The van der Waals surface area contributed by atoms with Crippen LogP contribution in [-0.4, -0.2) is 20.9 Å². The second kappa shape index (κ2) is 3.72. The molecule has 1 aliphatic rings. The fourth-order valence-corrected chi connectivity index (χ4v) is 2.97. The van der Waals surface area contributed by atoms with E-state index in [4.69, 9.17) is 16.7 Å². The highest BCUT2D eigenvalue weighted by Crippen LogP contribution is 2.53. The molecule has 2 aromatic rings. The molecular weight excluding hydrogens is 252 g/mol. The molecule has 3 rings (SSSR count). The maximum absolute atomic E-state index is 11.0. The van der Waals surface area contributed by atoms with Crippen LogP contribution in [-0.2, 0) is 17.3 Å². The number of aryl methyl sites for hydroxylation is 1. The first-order chi connectivity index (χ1) is 8.53. The lowest BCUT2D eigenvalue weighted by atomic mass is 9.91. The van der Waals surface area contributed by atoms with Gasteiger partial charge in [-0.1, -0.05) is 23.7 Å². The summed E-state index contributed by atoms with van der Waals surface area (Å²) >= 11 is 6.08. The number of aromatic nitrogens is 2. The van der Waals surface area contributed by atoms with E-state index >= 15 is 0 Å². The molecule has 0 radical (unpaired) electrons. The van der Waals surface area contributed by atoms with Crippen LogP contribution in [0.5, 0.6) is 0 Å². The Labute approximate surface area is 109 Å². The third-order valence-electron chi connectivity index (χ3n) is 3.73. The highest BCUT2D eigenvalue weighted by molar-refractivity contribution is 6.34. The molecule has 0 atom stereocenters. The van der Waals surface area contributed by atoms with Gasteiger partial charge in [0.25, 0.3) is 0 Å². The lowest BCUT2D eigenvalue weighted by Crippen LogP contribution is -2.14. The van der Waals surface area contributed by atoms with Crippen molar-refractivity contribution in [3.63, 3.8) is 0 Å². The van der Waals surface area contributed by atoms with Crippen molar-refractivity contribution < 1.29 is 9.90 Å². The summed E-state index contributed by atoms with van der Waals surface area (Å²) in [6.45, 7) is 0. The highest BCUT2D eigenvalue weighted by atomic mass is 35.5. The first kappa shape index (κ1) is 11.5. The molecule has 1 fully saturated rings. The monoisotopic (exact) mass is 264 g/mol. The van der Waals surface area contributed by atoms with Gasteiger partial charge in [-0.05, 0) is 24.5 Å². The molecule has 0 saturated heterocycles. The minimum atomic E-state index is -0.752. The number of benzene rings is 1. The highest BCUT2D eigenvalue weighted by Gasteiger charge is 2.47. The van der Waals surface area contributed by atoms with Gasteiger partial charge in [-0.25, -0.2) is 0 Å². The molecule has 4 nitrogen and oxygen atoms in total. The Morgan fingerprint density at radius 1 is 1.56 bits per heavy atom. The number of para-hydroxylation sites is 1. The summed E-state index contributed by atoms with van der Waals surface area (Å²) in [5.74, 6) is -0.752. The number of carboxylic acids is 1. The van der Waals surface area contributed by atoms with Gasteiger partial charge < -0.3 is 5.11 Å². The molecule has 0 bridgehead atoms. The van der Waals surface area contributed by atoms with Crippen LogP contribution in [0.1, 0.15) is 24.8 Å². The molecule has 18 heavy (non-hydrogen) atoms. The molecule has 1 aromatic heterocycles. The molecule has 0 spiro atoms. The summed E-state index contributed by atoms with van der Waals surface area (Å²) < 4.78 is 1.74. The molecule has 1 aromatic carbocycles. The fourth-order valence-electron chi connectivity index (χ4n) is 2.70. The SMILES string of the molecule is Cn1nc(Cl)c2cccc(C3(CC(=O)O)CC3)c21. The molecule has 1 saturated carbocycles. The predicted molar refractivity (Wildman–Crippen MR) is 68.9 cm³/mol. The van der Waals surface area contributed by atoms with Crippen LogP contribution >= 0.6 is 11.6 Å². The zero-order chi connectivity index (χ0) is 12.9. The molecule has 5 heteroatoms. The number of carboxylic acid groups (broad SMARTS) is 1. The first-order valence-electron chi connectivity index (χ1n) is 5.87. The van der Waals surface area contributed by atoms with Gasteiger partial charge in [-0.15, -0.1) is 0 Å². The Balaban J connectivity index is 2.21. The topological polar surface area (TPSA) is 55.1 Å². The first-order valence-corrected chi connectivity index (χ1v) is 6.25. The number of carbonyl (C=O) groups is 1. The third-order valence-corrected chi connectivity index (χ3v) is 4.01. The molecule has 0 unspecified atom stereocenters. The van der Waals surface area contributed by atoms with Gasteiger partial charge in [0.05, 0.1) is 11.9 Å². The van der Waals surface area contributed by atoms with Gasteiger partial charge >= 0.3 is 5.97 Å². The number of nitrogens with zero attached hydrogens (tertiary/aromatic N) is 2. The quantitative estimate of drug-likeness (QED) is 0.927. The van der Waals surface area contributed by atoms with Crippen LogP contribution < -0.4 is 0 Å². The van der Waals surface area contributed by atoms with Crippen molar-refractivity contribution in [1.29, 1.82) is 0 Å². The van der Waals surface area contributed by atoms with Crippen molar-refractivity contribution in [3.05, 3.63) is 28.9 Å². The zero-order valence-electron chi connectivity index (χ0n) is 9.98. The van der Waals surface area contributed by atoms with Crippen LogP contribution in [0.3, 0.4) is 0 Å². The van der Waals surface area contributed by atoms with Crippen molar-refractivity contribution in [2.24, 2.45) is 7.05 Å². The predicted octanol–water partition coefficient (Wildman–Crippen LogP) is 2.73. The number of hydrogen-bond donors (Lipinski definition) is 1. The number of aliphatic carboxylic acids is 1. The Morgan fingerprint density at radius 3 is 2.89 bits per heavy atom. The molecule has 94 valence electrons. The smallest absolute Gasteiger partial charge is 0.304 e. The van der Waals surface area contributed by atoms with E-state index in [9.17, 15) is 4.79 Å². The van der Waals surface area contributed by atoms with E-state index in [0.29, 0.717) is 5.15 Å². The second-order valence-corrected chi connectivity index (χ2v) is 5.33. The van der Waals surface area contributed by atoms with Gasteiger partial charge in [0.15, 0.2) is 5.15 Å². The van der Waals surface area contributed by atoms with E-state index in [-0.39, 0.29) is 11.8 Å². The summed E-state index contributed by atoms with van der Waals surface area (Å²) in [5, 5.41) is 14.6. The average Bonchev–Trinajstić information content (AvgIpc) is 3.01. The minimum Gasteiger partial charge on any atom is -0.481 e. The molecule has 1 N–H and O–H groups in total. The third kappa shape index (κ3) is 1.60. The van der Waals surface area contributed by atoms with Crippen LogP contribution in [0, 0.1) is 0 Å². The molecule has 1 aliphatic carbocycles. The van der Waals surface area contributed by atoms with Crippen LogP contribution in [0.4, 0.5) is 0 Å². The molecule has 0 amide bonds. The lowest BCUT2D eigenvalue weighted by molar-refractivity contribution is -0.137. The van der Waals surface area contributed by atoms with E-state index in [1.54, 1.807) is 4.68 Å².